The Balaban J connectivity index is 1.26. The molecule has 0 aromatic heterocycles. The van der Waals surface area contributed by atoms with Gasteiger partial charge in [-0.25, -0.2) is 14.4 Å². The predicted molar refractivity (Wildman–Crippen MR) is 276 cm³/mol. The number of rotatable bonds is 15. The van der Waals surface area contributed by atoms with E-state index < -0.39 is 63.5 Å². The van der Waals surface area contributed by atoms with Crippen LogP contribution in [0.4, 0.5) is 14.4 Å². The van der Waals surface area contributed by atoms with E-state index in [-0.39, 0.29) is 72.6 Å². The summed E-state index contributed by atoms with van der Waals surface area (Å²) in [5.41, 5.74) is -2.15. The molecule has 0 saturated heterocycles. The molecule has 398 valence electrons. The van der Waals surface area contributed by atoms with Gasteiger partial charge in [-0.05, 0) is 148 Å². The van der Waals surface area contributed by atoms with Crippen LogP contribution < -0.4 is 16.0 Å². The van der Waals surface area contributed by atoms with Crippen molar-refractivity contribution in [2.75, 3.05) is 31.9 Å². The molecule has 4 fully saturated rings. The predicted octanol–water partition coefficient (Wildman–Crippen LogP) is 9.61. The van der Waals surface area contributed by atoms with Gasteiger partial charge in [0.1, 0.15) is 28.7 Å². The van der Waals surface area contributed by atoms with Crippen molar-refractivity contribution in [3.05, 3.63) is 41.5 Å². The number of Topliss-reactive ketones (excluding diaryl/α,β-unsaturated/α-hetero) is 1. The zero-order chi connectivity index (χ0) is 52.7. The zero-order valence-electron chi connectivity index (χ0n) is 45.0. The molecule has 1 aromatic carbocycles. The second kappa shape index (κ2) is 23.3. The van der Waals surface area contributed by atoms with E-state index in [2.05, 4.69) is 49.7 Å². The molecular weight excluding hydrogens is 925 g/mol. The maximum atomic E-state index is 14.1. The van der Waals surface area contributed by atoms with E-state index in [0.717, 1.165) is 49.7 Å². The first-order valence-corrected chi connectivity index (χ1v) is 27.0. The van der Waals surface area contributed by atoms with Crippen molar-refractivity contribution in [2.24, 2.45) is 39.9 Å². The normalized spacial score (nSPS) is 30.0. The highest BCUT2D eigenvalue weighted by Crippen LogP contribution is 2.68. The van der Waals surface area contributed by atoms with Crippen molar-refractivity contribution in [3.8, 4) is 0 Å². The molecule has 71 heavy (non-hydrogen) atoms. The molecule has 4 saturated carbocycles. The fourth-order valence-electron chi connectivity index (χ4n) is 11.5. The molecule has 4 aliphatic rings. The number of thioether (sulfide) groups is 1. The van der Waals surface area contributed by atoms with E-state index >= 15 is 0 Å². The lowest BCUT2D eigenvalue weighted by Gasteiger charge is -2.61. The SMILES string of the molecule is C[C@@H]1CC[C@@]23CCC(=O)C2[C@]1(C)[C@H](OC(=O)CSC1CCC(CNC(=O)CNC(=O)OC(C)(C)C)CC1)C[C@](C)(/C=C/c1ccc(CN(CCNC(=O)OC(C)(C)C)C(=O)OC(C)(C)C)cc1)[C@@H](O)[C@@H]3C. The molecule has 2 bridgehead atoms. The van der Waals surface area contributed by atoms with Crippen LogP contribution in [0.25, 0.3) is 6.08 Å². The second-order valence-electron chi connectivity index (χ2n) is 24.4. The van der Waals surface area contributed by atoms with Gasteiger partial charge in [0.25, 0.3) is 0 Å². The Labute approximate surface area is 427 Å². The number of nitrogens with one attached hydrogen (secondary N) is 3. The minimum absolute atomic E-state index is 0.105. The van der Waals surface area contributed by atoms with Crippen LogP contribution in [0.15, 0.2) is 30.3 Å². The number of ketones is 1. The van der Waals surface area contributed by atoms with Crippen molar-refractivity contribution < 1.29 is 52.8 Å². The van der Waals surface area contributed by atoms with E-state index in [1.807, 2.05) is 30.3 Å². The van der Waals surface area contributed by atoms with E-state index in [9.17, 15) is 33.9 Å². The van der Waals surface area contributed by atoms with E-state index in [4.69, 9.17) is 18.9 Å². The van der Waals surface area contributed by atoms with Gasteiger partial charge in [0.2, 0.25) is 5.91 Å². The highest BCUT2D eigenvalue weighted by molar-refractivity contribution is 8.00. The Morgan fingerprint density at radius 3 is 2.03 bits per heavy atom. The number of aliphatic hydroxyl groups excluding tert-OH is 1. The fraction of sp³-hybridized carbons (Fsp3) is 0.745. The highest BCUT2D eigenvalue weighted by atomic mass is 32.2. The molecule has 1 aromatic rings. The lowest BCUT2D eigenvalue weighted by Crippen LogP contribution is -2.63. The lowest BCUT2D eigenvalue weighted by atomic mass is 9.44. The third-order valence-electron chi connectivity index (χ3n) is 15.4. The van der Waals surface area contributed by atoms with Gasteiger partial charge >= 0.3 is 24.2 Å². The van der Waals surface area contributed by atoms with Crippen molar-refractivity contribution >= 4 is 53.8 Å². The highest BCUT2D eigenvalue weighted by Gasteiger charge is 2.68. The molecule has 1 unspecified atom stereocenters. The summed E-state index contributed by atoms with van der Waals surface area (Å²) in [4.78, 5) is 79.8. The molecule has 0 radical (unpaired) electrons. The molecule has 0 aliphatic heterocycles. The van der Waals surface area contributed by atoms with Crippen LogP contribution in [0.1, 0.15) is 159 Å². The first kappa shape index (κ1) is 57.6. The van der Waals surface area contributed by atoms with Crippen molar-refractivity contribution in [1.82, 2.24) is 20.9 Å². The molecular formula is C55H86N4O11S. The number of nitrogens with zero attached hydrogens (tertiary/aromatic N) is 1. The molecule has 0 spiro atoms. The molecule has 16 heteroatoms. The fourth-order valence-corrected chi connectivity index (χ4v) is 12.6. The molecule has 0 heterocycles. The maximum absolute atomic E-state index is 14.1. The van der Waals surface area contributed by atoms with Gasteiger partial charge in [-0.15, -0.1) is 11.8 Å². The summed E-state index contributed by atoms with van der Waals surface area (Å²) in [6, 6.07) is 7.82. The first-order chi connectivity index (χ1) is 32.9. The summed E-state index contributed by atoms with van der Waals surface area (Å²) in [7, 11) is 0. The van der Waals surface area contributed by atoms with Crippen LogP contribution in [0.5, 0.6) is 0 Å². The second-order valence-corrected chi connectivity index (χ2v) is 25.7. The number of hydrogen-bond acceptors (Lipinski definition) is 12. The molecule has 8 atom stereocenters. The number of hydrogen-bond donors (Lipinski definition) is 4. The average molecular weight is 1010 g/mol. The molecule has 15 nitrogen and oxygen atoms in total. The summed E-state index contributed by atoms with van der Waals surface area (Å²) in [6.07, 6.45) is 7.75. The van der Waals surface area contributed by atoms with Crippen LogP contribution in [0.2, 0.25) is 0 Å². The number of amides is 4. The van der Waals surface area contributed by atoms with Crippen molar-refractivity contribution in [2.45, 2.75) is 189 Å². The molecule has 4 aliphatic carbocycles. The maximum Gasteiger partial charge on any atom is 0.410 e. The number of aliphatic hydroxyl groups is 1. The standard InChI is InChI=1S/C55H86N4O11S/c1-35-22-26-55-27-24-41(60)45(55)54(35,13)42(67-44(62)34-71-40-20-18-38(19-21-40)31-57-43(61)32-58-48(65)69-51(6,7)8)30-53(12,46(63)36(55)2)25-23-37-14-16-39(17-15-37)33-59(49(66)70-52(9,10)11)29-28-56-47(64)68-50(3,4)5/h14-17,23,25,35-36,38,40,42,45-46,63H,18-22,24,26-34H2,1-13H3,(H,56,64)(H,57,61)(H,58,65)/b25-23+/t35-,36+,38?,40?,42-,45?,46+,53+,54+,55+/m1/s1. The summed E-state index contributed by atoms with van der Waals surface area (Å²) in [6.45, 7) is 25.6. The van der Waals surface area contributed by atoms with Gasteiger partial charge in [0.05, 0.1) is 18.4 Å². The minimum Gasteiger partial charge on any atom is -0.461 e. The topological polar surface area (TPSA) is 199 Å². The van der Waals surface area contributed by atoms with Crippen molar-refractivity contribution in [3.63, 3.8) is 0 Å². The average Bonchev–Trinajstić information content (AvgIpc) is 3.62. The Morgan fingerprint density at radius 1 is 0.817 bits per heavy atom. The number of alkyl carbamates (subject to hydrolysis) is 2. The Hall–Kier alpha value is -4.31. The van der Waals surface area contributed by atoms with Crippen LogP contribution >= 0.6 is 11.8 Å². The first-order valence-electron chi connectivity index (χ1n) is 25.9. The Kier molecular flexibility index (Phi) is 18.9. The van der Waals surface area contributed by atoms with Gasteiger partial charge in [-0.3, -0.25) is 14.4 Å². The van der Waals surface area contributed by atoms with Gasteiger partial charge in [-0.2, -0.15) is 0 Å². The lowest BCUT2D eigenvalue weighted by molar-refractivity contribution is -0.205. The van der Waals surface area contributed by atoms with Crippen molar-refractivity contribution in [1.29, 1.82) is 0 Å². The number of carbonyl (C=O) groups excluding carboxylic acids is 6. The largest absolute Gasteiger partial charge is 0.461 e. The molecule has 5 rings (SSSR count). The quantitative estimate of drug-likeness (QED) is 0.0960. The Morgan fingerprint density at radius 2 is 1.42 bits per heavy atom. The number of esters is 1. The zero-order valence-corrected chi connectivity index (χ0v) is 45.8. The number of carbonyl (C=O) groups is 6. The van der Waals surface area contributed by atoms with E-state index in [1.165, 1.54) is 0 Å². The number of benzene rings is 1. The van der Waals surface area contributed by atoms with E-state index in [1.54, 1.807) is 79.0 Å². The van der Waals surface area contributed by atoms with Gasteiger partial charge in [-0.1, -0.05) is 64.1 Å². The third kappa shape index (κ3) is 15.6. The molecule has 4 amide bonds. The van der Waals surface area contributed by atoms with E-state index in [0.29, 0.717) is 31.7 Å². The van der Waals surface area contributed by atoms with Crippen LogP contribution in [-0.4, -0.2) is 112 Å². The Bertz CT molecular complexity index is 2070. The van der Waals surface area contributed by atoms with Crippen LogP contribution in [0, 0.1) is 39.9 Å². The monoisotopic (exact) mass is 1010 g/mol. The third-order valence-corrected chi connectivity index (χ3v) is 16.8. The van der Waals surface area contributed by atoms with Crippen LogP contribution in [0.3, 0.4) is 0 Å². The summed E-state index contributed by atoms with van der Waals surface area (Å²) >= 11 is 1.61. The summed E-state index contributed by atoms with van der Waals surface area (Å²) in [5, 5.41) is 21.0. The summed E-state index contributed by atoms with van der Waals surface area (Å²) < 4.78 is 22.9. The van der Waals surface area contributed by atoms with Crippen LogP contribution in [-0.2, 0) is 39.9 Å². The summed E-state index contributed by atoms with van der Waals surface area (Å²) in [5.74, 6) is -0.297. The van der Waals surface area contributed by atoms with Gasteiger partial charge < -0.3 is 44.9 Å². The smallest absolute Gasteiger partial charge is 0.410 e. The minimum atomic E-state index is -0.827. The number of ether oxygens (including phenoxy) is 4. The molecule has 4 N–H and O–H groups in total. The van der Waals surface area contributed by atoms with Gasteiger partial charge in [0, 0.05) is 54.6 Å². The van der Waals surface area contributed by atoms with Gasteiger partial charge in [0.15, 0.2) is 0 Å².